The van der Waals surface area contributed by atoms with Gasteiger partial charge in [-0.2, -0.15) is 0 Å². The van der Waals surface area contributed by atoms with Gasteiger partial charge in [0.25, 0.3) is 0 Å². The lowest BCUT2D eigenvalue weighted by Crippen LogP contribution is -2.39. The van der Waals surface area contributed by atoms with Gasteiger partial charge in [-0.25, -0.2) is 0 Å². The summed E-state index contributed by atoms with van der Waals surface area (Å²) in [4.78, 5) is 23.1. The van der Waals surface area contributed by atoms with Crippen LogP contribution in [-0.2, 0) is 13.6 Å². The Labute approximate surface area is 99.3 Å². The van der Waals surface area contributed by atoms with E-state index in [4.69, 9.17) is 0 Å². The molecule has 0 bridgehead atoms. The highest BCUT2D eigenvalue weighted by Crippen LogP contribution is 2.28. The van der Waals surface area contributed by atoms with Gasteiger partial charge in [0, 0.05) is 26.0 Å². The fourth-order valence-electron chi connectivity index (χ4n) is 2.42. The van der Waals surface area contributed by atoms with E-state index in [1.54, 1.807) is 19.4 Å². The zero-order valence-electron chi connectivity index (χ0n) is 10.0. The molecule has 1 saturated carbocycles. The van der Waals surface area contributed by atoms with E-state index in [0.717, 1.165) is 25.7 Å². The van der Waals surface area contributed by atoms with E-state index < -0.39 is 11.1 Å². The largest absolute Gasteiger partial charge is 0.393 e. The van der Waals surface area contributed by atoms with Crippen molar-refractivity contribution >= 4 is 0 Å². The molecule has 0 saturated heterocycles. The Hall–Kier alpha value is -1.36. The van der Waals surface area contributed by atoms with Gasteiger partial charge in [-0.15, -0.1) is 0 Å². The summed E-state index contributed by atoms with van der Waals surface area (Å²) in [7, 11) is 1.56. The van der Waals surface area contributed by atoms with E-state index in [-0.39, 0.29) is 12.0 Å². The van der Waals surface area contributed by atoms with E-state index in [1.165, 1.54) is 9.13 Å². The van der Waals surface area contributed by atoms with Crippen molar-refractivity contribution in [2.75, 3.05) is 0 Å². The Morgan fingerprint density at radius 1 is 1.29 bits per heavy atom. The quantitative estimate of drug-likeness (QED) is 0.759. The van der Waals surface area contributed by atoms with Crippen LogP contribution in [0.1, 0.15) is 25.7 Å². The van der Waals surface area contributed by atoms with E-state index in [2.05, 4.69) is 0 Å². The van der Waals surface area contributed by atoms with Crippen molar-refractivity contribution in [3.05, 3.63) is 33.1 Å². The minimum atomic E-state index is -0.500. The monoisotopic (exact) mass is 238 g/mol. The summed E-state index contributed by atoms with van der Waals surface area (Å²) in [5.41, 5.74) is -0.984. The Morgan fingerprint density at radius 2 is 2.06 bits per heavy atom. The first-order valence-corrected chi connectivity index (χ1v) is 6.03. The predicted molar refractivity (Wildman–Crippen MR) is 63.9 cm³/mol. The summed E-state index contributed by atoms with van der Waals surface area (Å²) in [5, 5.41) is 9.68. The predicted octanol–water partition coefficient (Wildman–Crippen LogP) is 0.0981. The molecule has 0 radical (unpaired) electrons. The first-order valence-electron chi connectivity index (χ1n) is 6.03. The number of aryl methyl sites for hydroxylation is 2. The van der Waals surface area contributed by atoms with Crippen LogP contribution in [0.15, 0.2) is 22.0 Å². The zero-order valence-corrected chi connectivity index (χ0v) is 10.0. The molecule has 1 N–H and O–H groups in total. The normalized spacial score (nSPS) is 24.1. The van der Waals surface area contributed by atoms with Crippen LogP contribution in [-0.4, -0.2) is 20.3 Å². The van der Waals surface area contributed by atoms with Gasteiger partial charge in [-0.1, -0.05) is 6.42 Å². The van der Waals surface area contributed by atoms with Crippen LogP contribution in [0.2, 0.25) is 0 Å². The molecule has 17 heavy (non-hydrogen) atoms. The topological polar surface area (TPSA) is 64.2 Å². The molecule has 0 amide bonds. The molecule has 2 rings (SSSR count). The Kier molecular flexibility index (Phi) is 3.47. The molecule has 5 heteroatoms. The molecule has 1 heterocycles. The fraction of sp³-hybridized carbons (Fsp3) is 0.667. The third-order valence-electron chi connectivity index (χ3n) is 3.59. The summed E-state index contributed by atoms with van der Waals surface area (Å²) >= 11 is 0. The summed E-state index contributed by atoms with van der Waals surface area (Å²) in [6.07, 6.45) is 6.67. The molecule has 1 aliphatic rings. The third-order valence-corrected chi connectivity index (χ3v) is 3.59. The number of aromatic nitrogens is 2. The van der Waals surface area contributed by atoms with Crippen LogP contribution < -0.4 is 11.1 Å². The van der Waals surface area contributed by atoms with Crippen LogP contribution >= 0.6 is 0 Å². The standard InChI is InChI=1S/C12H18N2O3/c1-13-7-8-14(12(17)11(13)16)6-5-9-3-2-4-10(9)15/h7-10,15H,2-6H2,1H3. The van der Waals surface area contributed by atoms with Gasteiger partial charge in [0.05, 0.1) is 6.10 Å². The molecule has 0 spiro atoms. The maximum atomic E-state index is 11.6. The number of nitrogens with zero attached hydrogens (tertiary/aromatic N) is 2. The number of rotatable bonds is 3. The second-order valence-corrected chi connectivity index (χ2v) is 4.76. The van der Waals surface area contributed by atoms with Gasteiger partial charge in [0.2, 0.25) is 0 Å². The number of hydrogen-bond donors (Lipinski definition) is 1. The van der Waals surface area contributed by atoms with E-state index in [9.17, 15) is 14.7 Å². The van der Waals surface area contributed by atoms with Crippen LogP contribution in [0.25, 0.3) is 0 Å². The first kappa shape index (κ1) is 12.1. The van der Waals surface area contributed by atoms with Gasteiger partial charge in [-0.05, 0) is 25.2 Å². The van der Waals surface area contributed by atoms with Gasteiger partial charge < -0.3 is 14.2 Å². The highest BCUT2D eigenvalue weighted by atomic mass is 16.3. The maximum absolute atomic E-state index is 11.6. The van der Waals surface area contributed by atoms with Crippen molar-refractivity contribution in [1.29, 1.82) is 0 Å². The zero-order chi connectivity index (χ0) is 12.4. The van der Waals surface area contributed by atoms with Crippen LogP contribution in [0.5, 0.6) is 0 Å². The molecule has 94 valence electrons. The van der Waals surface area contributed by atoms with E-state index in [1.807, 2.05) is 0 Å². The van der Waals surface area contributed by atoms with Crippen molar-refractivity contribution in [2.24, 2.45) is 13.0 Å². The van der Waals surface area contributed by atoms with Gasteiger partial charge in [0.15, 0.2) is 0 Å². The van der Waals surface area contributed by atoms with E-state index >= 15 is 0 Å². The summed E-state index contributed by atoms with van der Waals surface area (Å²) in [6, 6.07) is 0. The average Bonchev–Trinajstić information content (AvgIpc) is 2.71. The second-order valence-electron chi connectivity index (χ2n) is 4.76. The minimum absolute atomic E-state index is 0.239. The lowest BCUT2D eigenvalue weighted by molar-refractivity contribution is 0.125. The summed E-state index contributed by atoms with van der Waals surface area (Å²) < 4.78 is 2.72. The molecule has 2 atom stereocenters. The lowest BCUT2D eigenvalue weighted by atomic mass is 10.0. The van der Waals surface area contributed by atoms with Gasteiger partial charge >= 0.3 is 11.1 Å². The molecular formula is C12H18N2O3. The van der Waals surface area contributed by atoms with Gasteiger partial charge in [-0.3, -0.25) is 9.59 Å². The molecule has 2 unspecified atom stereocenters. The molecule has 1 fully saturated rings. The third kappa shape index (κ3) is 2.49. The van der Waals surface area contributed by atoms with Crippen molar-refractivity contribution in [1.82, 2.24) is 9.13 Å². The molecule has 5 nitrogen and oxygen atoms in total. The van der Waals surface area contributed by atoms with Crippen molar-refractivity contribution in [2.45, 2.75) is 38.3 Å². The molecule has 1 aliphatic carbocycles. The van der Waals surface area contributed by atoms with Crippen LogP contribution in [0, 0.1) is 5.92 Å². The van der Waals surface area contributed by atoms with Crippen molar-refractivity contribution in [3.8, 4) is 0 Å². The second kappa shape index (κ2) is 4.87. The number of aliphatic hydroxyl groups excluding tert-OH is 1. The first-order chi connectivity index (χ1) is 8.09. The fourth-order valence-corrected chi connectivity index (χ4v) is 2.42. The summed E-state index contributed by atoms with van der Waals surface area (Å²) in [5.74, 6) is 0.269. The highest BCUT2D eigenvalue weighted by molar-refractivity contribution is 4.85. The highest BCUT2D eigenvalue weighted by Gasteiger charge is 2.24. The van der Waals surface area contributed by atoms with E-state index in [0.29, 0.717) is 6.54 Å². The SMILES string of the molecule is Cn1ccn(CCC2CCCC2O)c(=O)c1=O. The molecule has 0 aromatic carbocycles. The lowest BCUT2D eigenvalue weighted by Gasteiger charge is -2.14. The van der Waals surface area contributed by atoms with Gasteiger partial charge in [0.1, 0.15) is 0 Å². The molecule has 1 aromatic heterocycles. The average molecular weight is 238 g/mol. The maximum Gasteiger partial charge on any atom is 0.316 e. The Bertz CT molecular complexity index is 503. The minimum Gasteiger partial charge on any atom is -0.393 e. The molecular weight excluding hydrogens is 220 g/mol. The summed E-state index contributed by atoms with van der Waals surface area (Å²) in [6.45, 7) is 0.511. The van der Waals surface area contributed by atoms with Crippen molar-refractivity contribution < 1.29 is 5.11 Å². The Balaban J connectivity index is 2.07. The smallest absolute Gasteiger partial charge is 0.316 e. The van der Waals surface area contributed by atoms with Crippen LogP contribution in [0.3, 0.4) is 0 Å². The molecule has 1 aromatic rings. The number of hydrogen-bond acceptors (Lipinski definition) is 3. The van der Waals surface area contributed by atoms with Crippen molar-refractivity contribution in [3.63, 3.8) is 0 Å². The number of aliphatic hydroxyl groups is 1. The van der Waals surface area contributed by atoms with Crippen LogP contribution in [0.4, 0.5) is 0 Å². The molecule has 0 aliphatic heterocycles. The Morgan fingerprint density at radius 3 is 2.71 bits per heavy atom.